The minimum absolute atomic E-state index is 0.00103. The average Bonchev–Trinajstić information content (AvgIpc) is 2.78. The second-order valence-electron chi connectivity index (χ2n) is 7.39. The van der Waals surface area contributed by atoms with Crippen molar-refractivity contribution in [1.29, 1.82) is 0 Å². The maximum absolute atomic E-state index is 12.6. The SMILES string of the molecule is Cc1ccc([N+](=O)[O-])cc1N(CC(=O)Nc1ccc(S(=O)(=O)Nc2ccccn2)cc1)S(C)(=O)=O. The van der Waals surface area contributed by atoms with Crippen LogP contribution in [0.4, 0.5) is 22.9 Å². The van der Waals surface area contributed by atoms with Gasteiger partial charge in [-0.3, -0.25) is 23.9 Å². The summed E-state index contributed by atoms with van der Waals surface area (Å²) in [6, 6.07) is 13.7. The van der Waals surface area contributed by atoms with Gasteiger partial charge >= 0.3 is 0 Å². The van der Waals surface area contributed by atoms with Gasteiger partial charge in [0, 0.05) is 24.0 Å². The number of carbonyl (C=O) groups excluding carboxylic acids is 1. The highest BCUT2D eigenvalue weighted by atomic mass is 32.2. The number of benzene rings is 2. The van der Waals surface area contributed by atoms with Crippen LogP contribution in [0.15, 0.2) is 71.8 Å². The van der Waals surface area contributed by atoms with Crippen LogP contribution in [0, 0.1) is 17.0 Å². The Hall–Kier alpha value is -4.04. The molecule has 0 radical (unpaired) electrons. The lowest BCUT2D eigenvalue weighted by molar-refractivity contribution is -0.384. The Kier molecular flexibility index (Phi) is 7.36. The van der Waals surface area contributed by atoms with E-state index in [0.29, 0.717) is 5.56 Å². The lowest BCUT2D eigenvalue weighted by Crippen LogP contribution is -2.37. The Bertz CT molecular complexity index is 1460. The van der Waals surface area contributed by atoms with Crippen molar-refractivity contribution in [2.75, 3.05) is 27.1 Å². The van der Waals surface area contributed by atoms with E-state index in [4.69, 9.17) is 0 Å². The van der Waals surface area contributed by atoms with Crippen molar-refractivity contribution in [3.8, 4) is 0 Å². The monoisotopic (exact) mass is 519 g/mol. The summed E-state index contributed by atoms with van der Waals surface area (Å²) in [6.07, 6.45) is 2.32. The van der Waals surface area contributed by atoms with Gasteiger partial charge in [0.05, 0.1) is 21.8 Å². The fourth-order valence-electron chi connectivity index (χ4n) is 3.03. The number of aryl methyl sites for hydroxylation is 1. The summed E-state index contributed by atoms with van der Waals surface area (Å²) in [5, 5.41) is 13.6. The molecule has 2 aromatic carbocycles. The summed E-state index contributed by atoms with van der Waals surface area (Å²) in [4.78, 5) is 26.9. The van der Waals surface area contributed by atoms with Crippen LogP contribution < -0.4 is 14.3 Å². The van der Waals surface area contributed by atoms with Crippen LogP contribution in [0.1, 0.15) is 5.56 Å². The number of anilines is 3. The van der Waals surface area contributed by atoms with Crippen LogP contribution in [-0.2, 0) is 24.8 Å². The molecule has 3 rings (SSSR count). The summed E-state index contributed by atoms with van der Waals surface area (Å²) in [7, 11) is -7.89. The zero-order valence-electron chi connectivity index (χ0n) is 18.6. The minimum Gasteiger partial charge on any atom is -0.325 e. The highest BCUT2D eigenvalue weighted by Gasteiger charge is 2.24. The van der Waals surface area contributed by atoms with E-state index in [0.717, 1.165) is 16.6 Å². The number of non-ortho nitro benzene ring substituents is 1. The fraction of sp³-hybridized carbons (Fsp3) is 0.143. The quantitative estimate of drug-likeness (QED) is 0.321. The number of carbonyl (C=O) groups is 1. The molecule has 1 heterocycles. The number of aromatic nitrogens is 1. The summed E-state index contributed by atoms with van der Waals surface area (Å²) < 4.78 is 52.8. The number of rotatable bonds is 9. The average molecular weight is 520 g/mol. The molecule has 0 fully saturated rings. The molecule has 14 heteroatoms. The molecule has 0 saturated heterocycles. The zero-order valence-corrected chi connectivity index (χ0v) is 20.2. The van der Waals surface area contributed by atoms with Crippen molar-refractivity contribution in [3.63, 3.8) is 0 Å². The molecule has 0 saturated carbocycles. The number of sulfonamides is 2. The third-order valence-electron chi connectivity index (χ3n) is 4.71. The van der Waals surface area contributed by atoms with Gasteiger partial charge in [-0.1, -0.05) is 12.1 Å². The first-order valence-electron chi connectivity index (χ1n) is 9.93. The predicted molar refractivity (Wildman–Crippen MR) is 130 cm³/mol. The van der Waals surface area contributed by atoms with E-state index in [1.165, 1.54) is 48.7 Å². The van der Waals surface area contributed by atoms with Crippen LogP contribution in [-0.4, -0.2) is 45.5 Å². The topological polar surface area (TPSA) is 169 Å². The maximum atomic E-state index is 12.6. The predicted octanol–water partition coefficient (Wildman–Crippen LogP) is 2.50. The normalized spacial score (nSPS) is 11.5. The number of nitro benzene ring substituents is 1. The Balaban J connectivity index is 1.76. The van der Waals surface area contributed by atoms with E-state index in [9.17, 15) is 31.7 Å². The molecule has 0 unspecified atom stereocenters. The number of pyridine rings is 1. The smallest absolute Gasteiger partial charge is 0.271 e. The molecule has 35 heavy (non-hydrogen) atoms. The number of amides is 1. The molecule has 0 atom stereocenters. The van der Waals surface area contributed by atoms with Gasteiger partial charge in [-0.25, -0.2) is 21.8 Å². The zero-order chi connectivity index (χ0) is 25.8. The number of hydrogen-bond donors (Lipinski definition) is 2. The molecular weight excluding hydrogens is 498 g/mol. The highest BCUT2D eigenvalue weighted by Crippen LogP contribution is 2.27. The molecule has 0 spiro atoms. The molecule has 2 N–H and O–H groups in total. The van der Waals surface area contributed by atoms with Crippen molar-refractivity contribution in [1.82, 2.24) is 4.98 Å². The van der Waals surface area contributed by atoms with E-state index in [1.54, 1.807) is 19.1 Å². The van der Waals surface area contributed by atoms with E-state index in [2.05, 4.69) is 15.0 Å². The van der Waals surface area contributed by atoms with Crippen molar-refractivity contribution in [2.24, 2.45) is 0 Å². The molecule has 12 nitrogen and oxygen atoms in total. The van der Waals surface area contributed by atoms with E-state index in [-0.39, 0.29) is 27.8 Å². The van der Waals surface area contributed by atoms with Gasteiger partial charge in [0.15, 0.2) is 0 Å². The molecular formula is C21H21N5O7S2. The van der Waals surface area contributed by atoms with Crippen molar-refractivity contribution in [2.45, 2.75) is 11.8 Å². The standard InChI is InChI=1S/C21H21N5O7S2/c1-15-6-9-17(26(28)29)13-19(15)25(34(2,30)31)14-21(27)23-16-7-10-18(11-8-16)35(32,33)24-20-5-3-4-12-22-20/h3-13H,14H2,1-2H3,(H,22,24)(H,23,27). The molecule has 0 aliphatic rings. The van der Waals surface area contributed by atoms with Crippen molar-refractivity contribution >= 4 is 48.8 Å². The fourth-order valence-corrected chi connectivity index (χ4v) is 4.94. The molecule has 0 aliphatic carbocycles. The number of nitro groups is 1. The molecule has 0 aliphatic heterocycles. The van der Waals surface area contributed by atoms with Crippen LogP contribution in [0.5, 0.6) is 0 Å². The molecule has 1 amide bonds. The van der Waals surface area contributed by atoms with Gasteiger partial charge in [-0.05, 0) is 48.9 Å². The number of nitrogens with one attached hydrogen (secondary N) is 2. The summed E-state index contributed by atoms with van der Waals surface area (Å²) in [6.45, 7) is 0.912. The summed E-state index contributed by atoms with van der Waals surface area (Å²) in [5.74, 6) is -0.592. The largest absolute Gasteiger partial charge is 0.325 e. The van der Waals surface area contributed by atoms with E-state index < -0.39 is 37.4 Å². The lowest BCUT2D eigenvalue weighted by Gasteiger charge is -2.23. The van der Waals surface area contributed by atoms with Crippen LogP contribution in [0.25, 0.3) is 0 Å². The first-order valence-corrected chi connectivity index (χ1v) is 13.3. The van der Waals surface area contributed by atoms with Crippen LogP contribution >= 0.6 is 0 Å². The van der Waals surface area contributed by atoms with Gasteiger partial charge in [0.2, 0.25) is 15.9 Å². The minimum atomic E-state index is -3.97. The highest BCUT2D eigenvalue weighted by molar-refractivity contribution is 7.92. The van der Waals surface area contributed by atoms with Gasteiger partial charge in [0.25, 0.3) is 15.7 Å². The van der Waals surface area contributed by atoms with Crippen LogP contribution in [0.2, 0.25) is 0 Å². The van der Waals surface area contributed by atoms with Gasteiger partial charge in [-0.15, -0.1) is 0 Å². The number of nitrogens with zero attached hydrogens (tertiary/aromatic N) is 3. The van der Waals surface area contributed by atoms with Crippen LogP contribution in [0.3, 0.4) is 0 Å². The molecule has 184 valence electrons. The first kappa shape index (κ1) is 25.6. The van der Waals surface area contributed by atoms with Gasteiger partial charge in [0.1, 0.15) is 12.4 Å². The van der Waals surface area contributed by atoms with Crippen molar-refractivity contribution in [3.05, 3.63) is 82.5 Å². The molecule has 0 bridgehead atoms. The van der Waals surface area contributed by atoms with E-state index in [1.807, 2.05) is 0 Å². The lowest BCUT2D eigenvalue weighted by atomic mass is 10.2. The van der Waals surface area contributed by atoms with Gasteiger partial charge < -0.3 is 5.32 Å². The third kappa shape index (κ3) is 6.51. The Morgan fingerprint density at radius 3 is 2.31 bits per heavy atom. The molecule has 1 aromatic heterocycles. The van der Waals surface area contributed by atoms with Gasteiger partial charge in [-0.2, -0.15) is 0 Å². The summed E-state index contributed by atoms with van der Waals surface area (Å²) in [5.41, 5.74) is 0.314. The first-order chi connectivity index (χ1) is 16.4. The Morgan fingerprint density at radius 2 is 1.74 bits per heavy atom. The Labute approximate surface area is 201 Å². The summed E-state index contributed by atoms with van der Waals surface area (Å²) >= 11 is 0. The van der Waals surface area contributed by atoms with E-state index >= 15 is 0 Å². The maximum Gasteiger partial charge on any atom is 0.271 e. The Morgan fingerprint density at radius 1 is 1.06 bits per heavy atom. The second-order valence-corrected chi connectivity index (χ2v) is 11.0. The third-order valence-corrected chi connectivity index (χ3v) is 7.21. The van der Waals surface area contributed by atoms with Crippen molar-refractivity contribution < 1.29 is 26.6 Å². The second kappa shape index (κ2) is 10.1. The molecule has 3 aromatic rings. The number of hydrogen-bond acceptors (Lipinski definition) is 8.